The quantitative estimate of drug-likeness (QED) is 0.890. The van der Waals surface area contributed by atoms with Gasteiger partial charge in [-0.15, -0.1) is 10.2 Å². The van der Waals surface area contributed by atoms with Gasteiger partial charge in [0.05, 0.1) is 11.0 Å². The van der Waals surface area contributed by atoms with E-state index in [0.717, 1.165) is 10.2 Å². The third-order valence-electron chi connectivity index (χ3n) is 2.02. The van der Waals surface area contributed by atoms with Crippen molar-refractivity contribution in [2.45, 2.75) is 13.2 Å². The van der Waals surface area contributed by atoms with Crippen molar-refractivity contribution < 1.29 is 4.74 Å². The second-order valence-electron chi connectivity index (χ2n) is 3.31. The highest BCUT2D eigenvalue weighted by atomic mass is 79.9. The number of ether oxygens (including phenoxy) is 1. The molecule has 0 aliphatic carbocycles. The first-order valence-electron chi connectivity index (χ1n) is 5.13. The van der Waals surface area contributed by atoms with Crippen molar-refractivity contribution >= 4 is 15.9 Å². The van der Waals surface area contributed by atoms with E-state index in [4.69, 9.17) is 10.5 Å². The van der Waals surface area contributed by atoms with Crippen LogP contribution in [0, 0.1) is 0 Å². The lowest BCUT2D eigenvalue weighted by Crippen LogP contribution is -2.12. The van der Waals surface area contributed by atoms with E-state index in [1.165, 1.54) is 4.80 Å². The lowest BCUT2D eigenvalue weighted by atomic mass is 10.3. The average Bonchev–Trinajstić information content (AvgIpc) is 2.76. The Bertz CT molecular complexity index is 487. The monoisotopic (exact) mass is 297 g/mol. The second-order valence-corrected chi connectivity index (χ2v) is 4.16. The molecule has 2 N–H and O–H groups in total. The Kier molecular flexibility index (Phi) is 4.05. The molecule has 0 radical (unpaired) electrons. The first-order chi connectivity index (χ1) is 8.29. The average molecular weight is 298 g/mol. The summed E-state index contributed by atoms with van der Waals surface area (Å²) in [5.74, 6) is 1.29. The first kappa shape index (κ1) is 12.0. The van der Waals surface area contributed by atoms with Gasteiger partial charge in [-0.05, 0) is 33.3 Å². The maximum atomic E-state index is 5.56. The maximum absolute atomic E-state index is 5.56. The molecule has 2 rings (SSSR count). The summed E-state index contributed by atoms with van der Waals surface area (Å²) in [5, 5.41) is 11.8. The molecule has 2 aromatic rings. The molecular weight excluding hydrogens is 286 g/mol. The Morgan fingerprint density at radius 1 is 1.35 bits per heavy atom. The van der Waals surface area contributed by atoms with Gasteiger partial charge in [0.15, 0.2) is 6.61 Å². The van der Waals surface area contributed by atoms with E-state index in [9.17, 15) is 0 Å². The van der Waals surface area contributed by atoms with Gasteiger partial charge in [0.25, 0.3) is 0 Å². The highest BCUT2D eigenvalue weighted by molar-refractivity contribution is 9.10. The number of benzene rings is 1. The summed E-state index contributed by atoms with van der Waals surface area (Å²) in [6, 6.07) is 7.61. The normalized spacial score (nSPS) is 10.5. The number of tetrazole rings is 1. The van der Waals surface area contributed by atoms with Crippen molar-refractivity contribution in [2.24, 2.45) is 5.73 Å². The third kappa shape index (κ3) is 3.24. The van der Waals surface area contributed by atoms with Crippen LogP contribution in [0.2, 0.25) is 0 Å². The molecule has 7 heteroatoms. The van der Waals surface area contributed by atoms with Gasteiger partial charge in [-0.25, -0.2) is 0 Å². The van der Waals surface area contributed by atoms with E-state index in [1.54, 1.807) is 0 Å². The number of nitrogens with zero attached hydrogens (tertiary/aromatic N) is 4. The molecule has 0 unspecified atom stereocenters. The molecule has 0 atom stereocenters. The van der Waals surface area contributed by atoms with E-state index < -0.39 is 0 Å². The van der Waals surface area contributed by atoms with Crippen molar-refractivity contribution in [1.82, 2.24) is 20.2 Å². The van der Waals surface area contributed by atoms with Gasteiger partial charge in [0.2, 0.25) is 5.82 Å². The van der Waals surface area contributed by atoms with Gasteiger partial charge >= 0.3 is 0 Å². The summed E-state index contributed by atoms with van der Waals surface area (Å²) < 4.78 is 6.46. The zero-order valence-corrected chi connectivity index (χ0v) is 10.7. The fourth-order valence-corrected chi connectivity index (χ4v) is 1.65. The van der Waals surface area contributed by atoms with E-state index >= 15 is 0 Å². The van der Waals surface area contributed by atoms with Gasteiger partial charge < -0.3 is 10.5 Å². The van der Waals surface area contributed by atoms with Crippen LogP contribution in [0.3, 0.4) is 0 Å². The Labute approximate surface area is 107 Å². The minimum absolute atomic E-state index is 0.285. The lowest BCUT2D eigenvalue weighted by Gasteiger charge is -2.04. The molecule has 0 saturated heterocycles. The minimum Gasteiger partial charge on any atom is -0.484 e. The Balaban J connectivity index is 1.95. The number of hydrogen-bond donors (Lipinski definition) is 1. The van der Waals surface area contributed by atoms with Crippen LogP contribution >= 0.6 is 15.9 Å². The zero-order valence-electron chi connectivity index (χ0n) is 9.08. The summed E-state index contributed by atoms with van der Waals surface area (Å²) >= 11 is 3.40. The molecule has 1 heterocycles. The topological polar surface area (TPSA) is 78.9 Å². The van der Waals surface area contributed by atoms with Crippen LogP contribution in [-0.4, -0.2) is 26.8 Å². The van der Waals surface area contributed by atoms with Crippen LogP contribution in [0.15, 0.2) is 28.7 Å². The number of nitrogens with two attached hydrogens (primary N) is 1. The van der Waals surface area contributed by atoms with Crippen molar-refractivity contribution in [1.29, 1.82) is 0 Å². The molecule has 0 saturated carbocycles. The predicted octanol–water partition coefficient (Wildman–Crippen LogP) is 0.973. The van der Waals surface area contributed by atoms with Gasteiger partial charge in [-0.3, -0.25) is 0 Å². The summed E-state index contributed by atoms with van der Waals surface area (Å²) in [5.41, 5.74) is 5.39. The lowest BCUT2D eigenvalue weighted by molar-refractivity contribution is 0.293. The SMILES string of the molecule is NCCn1nnc(COc2ccccc2Br)n1. The Morgan fingerprint density at radius 2 is 2.18 bits per heavy atom. The van der Waals surface area contributed by atoms with Crippen molar-refractivity contribution in [2.75, 3.05) is 6.54 Å². The zero-order chi connectivity index (χ0) is 12.1. The Morgan fingerprint density at radius 3 is 2.94 bits per heavy atom. The van der Waals surface area contributed by atoms with Crippen molar-refractivity contribution in [3.05, 3.63) is 34.6 Å². The van der Waals surface area contributed by atoms with E-state index in [2.05, 4.69) is 31.3 Å². The molecule has 0 bridgehead atoms. The molecule has 90 valence electrons. The smallest absolute Gasteiger partial charge is 0.212 e. The number of halogens is 1. The number of rotatable bonds is 5. The third-order valence-corrected chi connectivity index (χ3v) is 2.67. The molecule has 1 aromatic carbocycles. The predicted molar refractivity (Wildman–Crippen MR) is 65.3 cm³/mol. The van der Waals surface area contributed by atoms with Crippen LogP contribution in [0.5, 0.6) is 5.75 Å². The number of hydrogen-bond acceptors (Lipinski definition) is 5. The molecule has 0 spiro atoms. The number of aromatic nitrogens is 4. The van der Waals surface area contributed by atoms with Crippen molar-refractivity contribution in [3.63, 3.8) is 0 Å². The van der Waals surface area contributed by atoms with Gasteiger partial charge in [0, 0.05) is 6.54 Å². The molecule has 0 fully saturated rings. The molecule has 1 aromatic heterocycles. The molecule has 0 amide bonds. The Hall–Kier alpha value is -1.47. The van der Waals surface area contributed by atoms with Gasteiger partial charge in [-0.1, -0.05) is 12.1 Å². The fraction of sp³-hybridized carbons (Fsp3) is 0.300. The molecule has 17 heavy (non-hydrogen) atoms. The number of para-hydroxylation sites is 1. The molecule has 0 aliphatic heterocycles. The molecule has 6 nitrogen and oxygen atoms in total. The van der Waals surface area contributed by atoms with Crippen LogP contribution in [0.25, 0.3) is 0 Å². The molecule has 0 aliphatic rings. The highest BCUT2D eigenvalue weighted by Crippen LogP contribution is 2.24. The molecular formula is C10H12BrN5O. The van der Waals surface area contributed by atoms with Gasteiger partial charge in [-0.2, -0.15) is 4.80 Å². The summed E-state index contributed by atoms with van der Waals surface area (Å²) in [4.78, 5) is 1.46. The van der Waals surface area contributed by atoms with Crippen LogP contribution in [0.4, 0.5) is 0 Å². The summed E-state index contributed by atoms with van der Waals surface area (Å²) in [7, 11) is 0. The van der Waals surface area contributed by atoms with Crippen LogP contribution in [-0.2, 0) is 13.2 Å². The second kappa shape index (κ2) is 5.74. The minimum atomic E-state index is 0.285. The van der Waals surface area contributed by atoms with E-state index in [-0.39, 0.29) is 6.61 Å². The van der Waals surface area contributed by atoms with E-state index in [1.807, 2.05) is 24.3 Å². The largest absolute Gasteiger partial charge is 0.484 e. The standard InChI is InChI=1S/C10H12BrN5O/c11-8-3-1-2-4-9(8)17-7-10-13-15-16(14-10)6-5-12/h1-4H,5-7,12H2. The summed E-state index contributed by atoms with van der Waals surface area (Å²) in [6.07, 6.45) is 0. The van der Waals surface area contributed by atoms with Crippen LogP contribution < -0.4 is 10.5 Å². The van der Waals surface area contributed by atoms with Crippen molar-refractivity contribution in [3.8, 4) is 5.75 Å². The van der Waals surface area contributed by atoms with Crippen LogP contribution in [0.1, 0.15) is 5.82 Å². The maximum Gasteiger partial charge on any atom is 0.212 e. The highest BCUT2D eigenvalue weighted by Gasteiger charge is 2.05. The summed E-state index contributed by atoms with van der Waals surface area (Å²) in [6.45, 7) is 1.33. The van der Waals surface area contributed by atoms with Gasteiger partial charge in [0.1, 0.15) is 5.75 Å². The first-order valence-corrected chi connectivity index (χ1v) is 5.93. The van der Waals surface area contributed by atoms with E-state index in [0.29, 0.717) is 18.9 Å². The fourth-order valence-electron chi connectivity index (χ4n) is 1.25.